The number of carbonyl (C=O) groups is 2. The lowest BCUT2D eigenvalue weighted by Crippen LogP contribution is -2.39. The second kappa shape index (κ2) is 6.61. The molecule has 6 heteroatoms. The van der Waals surface area contributed by atoms with E-state index in [2.05, 4.69) is 5.32 Å². The standard InChI is InChI=1S/C21H22N2O4/c1-26-15-5-3-14(4-6-15)11-19(24)23-10-9-21(13-23)17-12-16(27-2)7-8-18(17)22-20(21)25/h3-8,12H,9-11,13H2,1-2H3,(H,22,25)/t21-/m1/s1. The highest BCUT2D eigenvalue weighted by Gasteiger charge is 2.52. The van der Waals surface area contributed by atoms with Gasteiger partial charge in [0.1, 0.15) is 11.5 Å². The molecule has 0 saturated carbocycles. The van der Waals surface area contributed by atoms with Crippen molar-refractivity contribution in [3.05, 3.63) is 53.6 Å². The molecule has 1 fully saturated rings. The number of likely N-dealkylation sites (tertiary alicyclic amines) is 1. The number of carbonyl (C=O) groups excluding carboxylic acids is 2. The molecule has 27 heavy (non-hydrogen) atoms. The fraction of sp³-hybridized carbons (Fsp3) is 0.333. The van der Waals surface area contributed by atoms with E-state index in [1.807, 2.05) is 42.5 Å². The minimum atomic E-state index is -0.681. The van der Waals surface area contributed by atoms with E-state index >= 15 is 0 Å². The van der Waals surface area contributed by atoms with Crippen LogP contribution in [0.25, 0.3) is 0 Å². The number of hydrogen-bond donors (Lipinski definition) is 1. The molecule has 0 radical (unpaired) electrons. The summed E-state index contributed by atoms with van der Waals surface area (Å²) < 4.78 is 10.5. The predicted molar refractivity (Wildman–Crippen MR) is 101 cm³/mol. The van der Waals surface area contributed by atoms with Gasteiger partial charge in [0, 0.05) is 18.8 Å². The zero-order chi connectivity index (χ0) is 19.0. The van der Waals surface area contributed by atoms with Crippen LogP contribution in [0.2, 0.25) is 0 Å². The number of methoxy groups -OCH3 is 2. The van der Waals surface area contributed by atoms with Crippen molar-refractivity contribution in [3.8, 4) is 11.5 Å². The summed E-state index contributed by atoms with van der Waals surface area (Å²) in [4.78, 5) is 27.3. The van der Waals surface area contributed by atoms with Crippen molar-refractivity contribution in [1.82, 2.24) is 4.90 Å². The van der Waals surface area contributed by atoms with Gasteiger partial charge in [-0.15, -0.1) is 0 Å². The van der Waals surface area contributed by atoms with Gasteiger partial charge in [0.15, 0.2) is 0 Å². The van der Waals surface area contributed by atoms with Crippen LogP contribution in [-0.2, 0) is 21.4 Å². The molecule has 0 bridgehead atoms. The van der Waals surface area contributed by atoms with Gasteiger partial charge in [-0.2, -0.15) is 0 Å². The molecular formula is C21H22N2O4. The maximum Gasteiger partial charge on any atom is 0.237 e. The summed E-state index contributed by atoms with van der Waals surface area (Å²) in [6.45, 7) is 0.965. The molecule has 1 N–H and O–H groups in total. The molecule has 140 valence electrons. The Morgan fingerprint density at radius 3 is 2.52 bits per heavy atom. The maximum absolute atomic E-state index is 12.8. The maximum atomic E-state index is 12.8. The molecule has 2 aliphatic heterocycles. The van der Waals surface area contributed by atoms with Crippen LogP contribution in [0.5, 0.6) is 11.5 Å². The van der Waals surface area contributed by atoms with Gasteiger partial charge in [0.25, 0.3) is 0 Å². The van der Waals surface area contributed by atoms with Crippen LogP contribution in [0.4, 0.5) is 5.69 Å². The SMILES string of the molecule is COc1ccc(CC(=O)N2CC[C@]3(C2)C(=O)Nc2ccc(OC)cc23)cc1. The van der Waals surface area contributed by atoms with Crippen molar-refractivity contribution < 1.29 is 19.1 Å². The number of nitrogens with zero attached hydrogens (tertiary/aromatic N) is 1. The molecule has 6 nitrogen and oxygen atoms in total. The smallest absolute Gasteiger partial charge is 0.237 e. The van der Waals surface area contributed by atoms with Gasteiger partial charge in [-0.05, 0) is 47.9 Å². The normalized spacial score (nSPS) is 20.5. The summed E-state index contributed by atoms with van der Waals surface area (Å²) in [6.07, 6.45) is 0.931. The van der Waals surface area contributed by atoms with E-state index < -0.39 is 5.41 Å². The molecule has 2 amide bonds. The quantitative estimate of drug-likeness (QED) is 0.902. The molecule has 1 saturated heterocycles. The van der Waals surface area contributed by atoms with Crippen LogP contribution in [0.15, 0.2) is 42.5 Å². The molecule has 0 aromatic heterocycles. The van der Waals surface area contributed by atoms with Gasteiger partial charge < -0.3 is 19.7 Å². The molecule has 0 aliphatic carbocycles. The molecule has 4 rings (SSSR count). The Balaban J connectivity index is 1.53. The number of anilines is 1. The van der Waals surface area contributed by atoms with E-state index in [4.69, 9.17) is 9.47 Å². The summed E-state index contributed by atoms with van der Waals surface area (Å²) in [6, 6.07) is 13.1. The third-order valence-corrected chi connectivity index (χ3v) is 5.56. The Hall–Kier alpha value is -3.02. The van der Waals surface area contributed by atoms with E-state index in [9.17, 15) is 9.59 Å². The first-order valence-corrected chi connectivity index (χ1v) is 8.96. The van der Waals surface area contributed by atoms with Crippen molar-refractivity contribution in [3.63, 3.8) is 0 Å². The van der Waals surface area contributed by atoms with Crippen molar-refractivity contribution in [2.24, 2.45) is 0 Å². The van der Waals surface area contributed by atoms with Crippen LogP contribution >= 0.6 is 0 Å². The van der Waals surface area contributed by atoms with Crippen LogP contribution in [0, 0.1) is 0 Å². The number of hydrogen-bond acceptors (Lipinski definition) is 4. The van der Waals surface area contributed by atoms with Gasteiger partial charge in [-0.25, -0.2) is 0 Å². The summed E-state index contributed by atoms with van der Waals surface area (Å²) in [5, 5.41) is 2.96. The highest BCUT2D eigenvalue weighted by molar-refractivity contribution is 6.07. The first kappa shape index (κ1) is 17.4. The van der Waals surface area contributed by atoms with Gasteiger partial charge in [0.05, 0.1) is 26.1 Å². The number of nitrogens with one attached hydrogen (secondary N) is 1. The number of fused-ring (bicyclic) bond motifs is 2. The van der Waals surface area contributed by atoms with E-state index in [1.165, 1.54) is 0 Å². The van der Waals surface area contributed by atoms with Gasteiger partial charge >= 0.3 is 0 Å². The monoisotopic (exact) mass is 366 g/mol. The summed E-state index contributed by atoms with van der Waals surface area (Å²) in [5.74, 6) is 1.47. The lowest BCUT2D eigenvalue weighted by atomic mass is 9.81. The molecule has 2 heterocycles. The zero-order valence-corrected chi connectivity index (χ0v) is 15.5. The number of benzene rings is 2. The van der Waals surface area contributed by atoms with Crippen LogP contribution in [-0.4, -0.2) is 44.0 Å². The molecule has 1 atom stereocenters. The molecule has 2 aromatic rings. The second-order valence-corrected chi connectivity index (χ2v) is 7.04. The van der Waals surface area contributed by atoms with E-state index in [0.717, 1.165) is 22.6 Å². The van der Waals surface area contributed by atoms with Crippen molar-refractivity contribution >= 4 is 17.5 Å². The first-order chi connectivity index (χ1) is 13.1. The lowest BCUT2D eigenvalue weighted by molar-refractivity contribution is -0.129. The Labute approximate surface area is 158 Å². The molecule has 2 aliphatic rings. The van der Waals surface area contributed by atoms with E-state index in [0.29, 0.717) is 31.7 Å². The Bertz CT molecular complexity index is 894. The molecule has 1 spiro atoms. The number of rotatable bonds is 4. The van der Waals surface area contributed by atoms with Crippen LogP contribution in [0.3, 0.4) is 0 Å². The average Bonchev–Trinajstić information content (AvgIpc) is 3.26. The minimum absolute atomic E-state index is 0.0289. The Morgan fingerprint density at radius 1 is 1.11 bits per heavy atom. The van der Waals surface area contributed by atoms with Crippen molar-refractivity contribution in [1.29, 1.82) is 0 Å². The molecular weight excluding hydrogens is 344 g/mol. The lowest BCUT2D eigenvalue weighted by Gasteiger charge is -2.23. The Kier molecular flexibility index (Phi) is 4.26. The fourth-order valence-corrected chi connectivity index (χ4v) is 3.98. The predicted octanol–water partition coefficient (Wildman–Crippen LogP) is 2.37. The summed E-state index contributed by atoms with van der Waals surface area (Å²) in [5.41, 5.74) is 1.98. The summed E-state index contributed by atoms with van der Waals surface area (Å²) in [7, 11) is 3.22. The van der Waals surface area contributed by atoms with E-state index in [1.54, 1.807) is 19.1 Å². The minimum Gasteiger partial charge on any atom is -0.497 e. The largest absolute Gasteiger partial charge is 0.497 e. The van der Waals surface area contributed by atoms with Crippen molar-refractivity contribution in [2.75, 3.05) is 32.6 Å². The van der Waals surface area contributed by atoms with Crippen LogP contribution in [0.1, 0.15) is 17.5 Å². The highest BCUT2D eigenvalue weighted by atomic mass is 16.5. The Morgan fingerprint density at radius 2 is 1.81 bits per heavy atom. The third kappa shape index (κ3) is 2.91. The highest BCUT2D eigenvalue weighted by Crippen LogP contribution is 2.45. The summed E-state index contributed by atoms with van der Waals surface area (Å²) >= 11 is 0. The van der Waals surface area contributed by atoms with Crippen molar-refractivity contribution in [2.45, 2.75) is 18.3 Å². The molecule has 0 unspecified atom stereocenters. The number of amides is 2. The first-order valence-electron chi connectivity index (χ1n) is 8.96. The van der Waals surface area contributed by atoms with Crippen LogP contribution < -0.4 is 14.8 Å². The number of ether oxygens (including phenoxy) is 2. The fourth-order valence-electron chi connectivity index (χ4n) is 3.98. The second-order valence-electron chi connectivity index (χ2n) is 7.04. The van der Waals surface area contributed by atoms with Gasteiger partial charge in [-0.3, -0.25) is 9.59 Å². The molecule has 2 aromatic carbocycles. The third-order valence-electron chi connectivity index (χ3n) is 5.56. The zero-order valence-electron chi connectivity index (χ0n) is 15.5. The van der Waals surface area contributed by atoms with E-state index in [-0.39, 0.29) is 11.8 Å². The topological polar surface area (TPSA) is 67.9 Å². The average molecular weight is 366 g/mol. The van der Waals surface area contributed by atoms with Gasteiger partial charge in [-0.1, -0.05) is 12.1 Å². The van der Waals surface area contributed by atoms with Gasteiger partial charge in [0.2, 0.25) is 11.8 Å².